The van der Waals surface area contributed by atoms with E-state index in [1.807, 2.05) is 32.2 Å². The van der Waals surface area contributed by atoms with E-state index in [0.29, 0.717) is 17.1 Å². The smallest absolute Gasteiger partial charge is 0.156 e. The monoisotopic (exact) mass is 444 g/mol. The van der Waals surface area contributed by atoms with Crippen LogP contribution in [0.25, 0.3) is 27.8 Å². The van der Waals surface area contributed by atoms with E-state index in [-0.39, 0.29) is 5.82 Å². The van der Waals surface area contributed by atoms with E-state index in [0.717, 1.165) is 59.0 Å². The van der Waals surface area contributed by atoms with Crippen LogP contribution in [0.15, 0.2) is 30.6 Å². The summed E-state index contributed by atoms with van der Waals surface area (Å²) in [5.74, 6) is -0.282. The predicted molar refractivity (Wildman–Crippen MR) is 126 cm³/mol. The number of likely N-dealkylation sites (tertiary alicyclic amines) is 1. The van der Waals surface area contributed by atoms with Crippen LogP contribution in [0.3, 0.4) is 0 Å². The summed E-state index contributed by atoms with van der Waals surface area (Å²) in [5.41, 5.74) is 5.15. The van der Waals surface area contributed by atoms with Crippen LogP contribution in [0.5, 0.6) is 0 Å². The maximum atomic E-state index is 15.2. The molecule has 0 N–H and O–H groups in total. The topological polar surface area (TPSA) is 51.3 Å². The van der Waals surface area contributed by atoms with Crippen molar-refractivity contribution in [1.82, 2.24) is 29.3 Å². The fraction of sp³-hybridized carbons (Fsp3) is 0.500. The van der Waals surface area contributed by atoms with Crippen LogP contribution in [0, 0.1) is 19.7 Å². The van der Waals surface area contributed by atoms with Gasteiger partial charge in [0.15, 0.2) is 11.5 Å². The molecule has 170 valence electrons. The molecular weight excluding hydrogens is 415 g/mol. The number of hydrogen-bond acceptors (Lipinski definition) is 4. The molecule has 3 fully saturated rings. The quantitative estimate of drug-likeness (QED) is 0.435. The van der Waals surface area contributed by atoms with Crippen LogP contribution in [-0.4, -0.2) is 47.4 Å². The minimum absolute atomic E-state index is 0.282. The average Bonchev–Trinajstić information content (AvgIpc) is 3.19. The highest BCUT2D eigenvalue weighted by Gasteiger charge is 2.54. The van der Waals surface area contributed by atoms with Crippen LogP contribution in [0.4, 0.5) is 4.39 Å². The Morgan fingerprint density at radius 3 is 2.61 bits per heavy atom. The first-order valence-electron chi connectivity index (χ1n) is 12.3. The zero-order chi connectivity index (χ0) is 22.3. The Hall–Kier alpha value is -2.80. The molecule has 0 bridgehead atoms. The molecule has 7 heteroatoms. The Morgan fingerprint density at radius 1 is 1.00 bits per heavy atom. The summed E-state index contributed by atoms with van der Waals surface area (Å²) in [6, 6.07) is 6.73. The molecule has 1 spiro atoms. The summed E-state index contributed by atoms with van der Waals surface area (Å²) in [6.45, 7) is 5.12. The fourth-order valence-corrected chi connectivity index (χ4v) is 6.14. The van der Waals surface area contributed by atoms with Gasteiger partial charge >= 0.3 is 0 Å². The van der Waals surface area contributed by atoms with Gasteiger partial charge in [-0.15, -0.1) is 0 Å². The molecular formula is C26H29FN6. The van der Waals surface area contributed by atoms with E-state index < -0.39 is 0 Å². The highest BCUT2D eigenvalue weighted by Crippen LogP contribution is 2.53. The molecule has 0 radical (unpaired) electrons. The number of aryl methyl sites for hydroxylation is 2. The lowest BCUT2D eigenvalue weighted by Crippen LogP contribution is -2.52. The fourth-order valence-electron chi connectivity index (χ4n) is 6.14. The van der Waals surface area contributed by atoms with Crippen molar-refractivity contribution >= 4 is 16.6 Å². The Kier molecular flexibility index (Phi) is 4.08. The van der Waals surface area contributed by atoms with E-state index in [4.69, 9.17) is 10.2 Å². The Balaban J connectivity index is 1.23. The lowest BCUT2D eigenvalue weighted by Gasteiger charge is -2.48. The van der Waals surface area contributed by atoms with E-state index in [1.54, 1.807) is 10.6 Å². The number of aromatic nitrogens is 5. The molecule has 0 amide bonds. The van der Waals surface area contributed by atoms with Gasteiger partial charge in [-0.3, -0.25) is 9.58 Å². The number of hydrogen-bond donors (Lipinski definition) is 0. The standard InChI is InChI=1S/C26H29FN6/c1-16-10-23(29-33-14-17(2)28-25(16)33)18-11-19-15-32(30-24(19)22(27)12-18)21-6-9-31(20-4-3-5-20)26(13-21)7-8-26/h10-12,14-15,20-21H,3-9,13H2,1-2H3. The van der Waals surface area contributed by atoms with Gasteiger partial charge < -0.3 is 0 Å². The molecule has 1 aromatic carbocycles. The van der Waals surface area contributed by atoms with Crippen molar-refractivity contribution < 1.29 is 4.39 Å². The first-order valence-corrected chi connectivity index (χ1v) is 12.3. The first kappa shape index (κ1) is 19.6. The molecule has 3 aliphatic rings. The molecule has 2 aliphatic carbocycles. The van der Waals surface area contributed by atoms with Crippen molar-refractivity contribution in [2.24, 2.45) is 0 Å². The number of piperidine rings is 1. The van der Waals surface area contributed by atoms with Gasteiger partial charge in [-0.2, -0.15) is 10.2 Å². The van der Waals surface area contributed by atoms with Gasteiger partial charge in [0.2, 0.25) is 0 Å². The zero-order valence-corrected chi connectivity index (χ0v) is 19.3. The second-order valence-electron chi connectivity index (χ2n) is 10.5. The molecule has 33 heavy (non-hydrogen) atoms. The van der Waals surface area contributed by atoms with E-state index in [1.165, 1.54) is 32.1 Å². The summed E-state index contributed by atoms with van der Waals surface area (Å²) >= 11 is 0. The summed E-state index contributed by atoms with van der Waals surface area (Å²) in [5, 5.41) is 10.3. The molecule has 3 aromatic heterocycles. The number of nitrogens with zero attached hydrogens (tertiary/aromatic N) is 6. The number of fused-ring (bicyclic) bond motifs is 2. The summed E-state index contributed by atoms with van der Waals surface area (Å²) in [4.78, 5) is 7.32. The summed E-state index contributed by atoms with van der Waals surface area (Å²) < 4.78 is 19.0. The Bertz CT molecular complexity index is 1390. The summed E-state index contributed by atoms with van der Waals surface area (Å²) in [6.07, 6.45) is 12.9. The average molecular weight is 445 g/mol. The molecule has 1 unspecified atom stereocenters. The van der Waals surface area contributed by atoms with Crippen LogP contribution >= 0.6 is 0 Å². The molecule has 2 saturated carbocycles. The van der Waals surface area contributed by atoms with Gasteiger partial charge in [0.1, 0.15) is 5.52 Å². The van der Waals surface area contributed by atoms with Crippen LogP contribution in [-0.2, 0) is 0 Å². The molecule has 4 aromatic rings. The first-order chi connectivity index (χ1) is 16.0. The van der Waals surface area contributed by atoms with Gasteiger partial charge in [0, 0.05) is 35.3 Å². The maximum Gasteiger partial charge on any atom is 0.156 e. The van der Waals surface area contributed by atoms with Crippen molar-refractivity contribution in [1.29, 1.82) is 0 Å². The Morgan fingerprint density at radius 2 is 1.85 bits per heavy atom. The normalized spacial score (nSPS) is 22.9. The van der Waals surface area contributed by atoms with Gasteiger partial charge in [0.05, 0.1) is 23.6 Å². The van der Waals surface area contributed by atoms with Crippen LogP contribution < -0.4 is 0 Å². The Labute approximate surface area is 192 Å². The van der Waals surface area contributed by atoms with Crippen molar-refractivity contribution in [3.63, 3.8) is 0 Å². The molecule has 1 aliphatic heterocycles. The number of rotatable bonds is 3. The van der Waals surface area contributed by atoms with Crippen LogP contribution in [0.2, 0.25) is 0 Å². The largest absolute Gasteiger partial charge is 0.295 e. The number of halogens is 1. The van der Waals surface area contributed by atoms with E-state index in [9.17, 15) is 0 Å². The maximum absolute atomic E-state index is 15.2. The van der Waals surface area contributed by atoms with E-state index >= 15 is 4.39 Å². The molecule has 4 heterocycles. The molecule has 6 nitrogen and oxygen atoms in total. The lowest BCUT2D eigenvalue weighted by atomic mass is 9.85. The lowest BCUT2D eigenvalue weighted by molar-refractivity contribution is 0.0178. The minimum Gasteiger partial charge on any atom is -0.295 e. The number of imidazole rings is 1. The van der Waals surface area contributed by atoms with Crippen molar-refractivity contribution in [2.45, 2.75) is 76.4 Å². The van der Waals surface area contributed by atoms with Gasteiger partial charge in [-0.25, -0.2) is 13.9 Å². The predicted octanol–water partition coefficient (Wildman–Crippen LogP) is 5.22. The number of benzene rings is 1. The molecule has 1 saturated heterocycles. The van der Waals surface area contributed by atoms with Crippen molar-refractivity contribution in [3.05, 3.63) is 47.7 Å². The minimum atomic E-state index is -0.282. The van der Waals surface area contributed by atoms with Crippen molar-refractivity contribution in [3.8, 4) is 11.3 Å². The van der Waals surface area contributed by atoms with Crippen molar-refractivity contribution in [2.75, 3.05) is 6.54 Å². The third-order valence-corrected chi connectivity index (χ3v) is 8.25. The highest BCUT2D eigenvalue weighted by molar-refractivity contribution is 5.84. The SMILES string of the molecule is Cc1cn2nc(-c3cc(F)c4nn(C5CCN(C6CCC6)C6(CC6)C5)cc4c3)cc(C)c2n1. The molecule has 1 atom stereocenters. The third-order valence-electron chi connectivity index (χ3n) is 8.25. The highest BCUT2D eigenvalue weighted by atomic mass is 19.1. The second-order valence-corrected chi connectivity index (χ2v) is 10.5. The molecule has 7 rings (SSSR count). The van der Waals surface area contributed by atoms with E-state index in [2.05, 4.69) is 20.8 Å². The second kappa shape index (κ2) is 6.86. The van der Waals surface area contributed by atoms with Crippen LogP contribution in [0.1, 0.15) is 62.2 Å². The van der Waals surface area contributed by atoms with Gasteiger partial charge in [0.25, 0.3) is 0 Å². The summed E-state index contributed by atoms with van der Waals surface area (Å²) in [7, 11) is 0. The van der Waals surface area contributed by atoms with Gasteiger partial charge in [-0.05, 0) is 76.1 Å². The van der Waals surface area contributed by atoms with Gasteiger partial charge in [-0.1, -0.05) is 6.42 Å². The zero-order valence-electron chi connectivity index (χ0n) is 19.3. The third kappa shape index (κ3) is 3.05.